The molecule has 6 nitrogen and oxygen atoms in total. The summed E-state index contributed by atoms with van der Waals surface area (Å²) < 4.78 is 51.8. The van der Waals surface area contributed by atoms with E-state index in [0.29, 0.717) is 5.69 Å². The molecule has 0 radical (unpaired) electrons. The molecule has 2 aromatic carbocycles. The molecule has 1 saturated carbocycles. The Morgan fingerprint density at radius 2 is 1.61 bits per heavy atom. The Kier molecular flexibility index (Phi) is 5.65. The van der Waals surface area contributed by atoms with Gasteiger partial charge in [-0.3, -0.25) is 4.72 Å². The van der Waals surface area contributed by atoms with Crippen molar-refractivity contribution >= 4 is 31.8 Å². The van der Waals surface area contributed by atoms with Crippen LogP contribution in [0.25, 0.3) is 17.2 Å². The van der Waals surface area contributed by atoms with Crippen LogP contribution >= 0.6 is 0 Å². The predicted molar refractivity (Wildman–Crippen MR) is 114 cm³/mol. The third-order valence-electron chi connectivity index (χ3n) is 4.45. The van der Waals surface area contributed by atoms with Crippen molar-refractivity contribution in [2.24, 2.45) is 0 Å². The van der Waals surface area contributed by atoms with Gasteiger partial charge in [-0.2, -0.15) is 0 Å². The molecule has 0 spiro atoms. The van der Waals surface area contributed by atoms with Crippen molar-refractivity contribution in [3.63, 3.8) is 0 Å². The van der Waals surface area contributed by atoms with Crippen LogP contribution in [-0.4, -0.2) is 29.1 Å². The third kappa shape index (κ3) is 5.67. The summed E-state index contributed by atoms with van der Waals surface area (Å²) >= 11 is 0. The van der Waals surface area contributed by atoms with Crippen LogP contribution in [0.5, 0.6) is 0 Å². The molecular weight excluding hydrogens is 396 g/mol. The average Bonchev–Trinajstić information content (AvgIpc) is 3.38. The lowest BCUT2D eigenvalue weighted by atomic mass is 9.95. The standard InChI is InChI=1S/C20H24N2O4S2/c1-14-13-20(16-4-6-18(7-5-16)21-27(3,23)24)15(2)12-17(14)10-11-28(25,26)22-19-8-9-19/h4-7,10-13,19,21-22H,8-9H2,1-3H3/b11-10+. The molecule has 0 unspecified atom stereocenters. The van der Waals surface area contributed by atoms with Crippen LogP contribution in [0.4, 0.5) is 5.69 Å². The number of rotatable bonds is 7. The minimum Gasteiger partial charge on any atom is -0.284 e. The minimum absolute atomic E-state index is 0.0833. The summed E-state index contributed by atoms with van der Waals surface area (Å²) in [5.41, 5.74) is 5.28. The lowest BCUT2D eigenvalue weighted by Gasteiger charge is -2.12. The first-order valence-electron chi connectivity index (χ1n) is 8.92. The van der Waals surface area contributed by atoms with E-state index < -0.39 is 20.0 Å². The van der Waals surface area contributed by atoms with E-state index in [9.17, 15) is 16.8 Å². The summed E-state index contributed by atoms with van der Waals surface area (Å²) in [5, 5.41) is 1.22. The Morgan fingerprint density at radius 3 is 2.18 bits per heavy atom. The van der Waals surface area contributed by atoms with Crippen molar-refractivity contribution in [3.05, 3.63) is 58.5 Å². The van der Waals surface area contributed by atoms with Gasteiger partial charge in [-0.15, -0.1) is 0 Å². The van der Waals surface area contributed by atoms with Gasteiger partial charge in [0.25, 0.3) is 0 Å². The molecule has 0 atom stereocenters. The minimum atomic E-state index is -3.41. The number of hydrogen-bond acceptors (Lipinski definition) is 4. The van der Waals surface area contributed by atoms with E-state index in [4.69, 9.17) is 0 Å². The van der Waals surface area contributed by atoms with E-state index in [0.717, 1.165) is 46.9 Å². The molecule has 0 aliphatic heterocycles. The Bertz CT molecular complexity index is 1120. The molecule has 2 aromatic rings. The molecule has 150 valence electrons. The van der Waals surface area contributed by atoms with Crippen LogP contribution in [0.15, 0.2) is 41.8 Å². The lowest BCUT2D eigenvalue weighted by molar-refractivity contribution is 0.590. The number of nitrogens with one attached hydrogen (secondary N) is 2. The van der Waals surface area contributed by atoms with Gasteiger partial charge in [0.15, 0.2) is 0 Å². The fourth-order valence-electron chi connectivity index (χ4n) is 2.90. The van der Waals surface area contributed by atoms with Crippen LogP contribution in [0.3, 0.4) is 0 Å². The molecule has 3 rings (SSSR count). The first-order chi connectivity index (χ1) is 13.0. The molecule has 0 saturated heterocycles. The Morgan fingerprint density at radius 1 is 0.964 bits per heavy atom. The van der Waals surface area contributed by atoms with Crippen molar-refractivity contribution in [2.75, 3.05) is 11.0 Å². The molecular formula is C20H24N2O4S2. The van der Waals surface area contributed by atoms with Crippen molar-refractivity contribution in [2.45, 2.75) is 32.7 Å². The SMILES string of the molecule is Cc1cc(-c2ccc(NS(C)(=O)=O)cc2)c(C)cc1/C=C/S(=O)(=O)NC1CC1. The summed E-state index contributed by atoms with van der Waals surface area (Å²) in [5.74, 6) is 0. The molecule has 0 bridgehead atoms. The van der Waals surface area contributed by atoms with E-state index in [-0.39, 0.29) is 6.04 Å². The fourth-order valence-corrected chi connectivity index (χ4v) is 4.57. The number of anilines is 1. The van der Waals surface area contributed by atoms with E-state index in [1.54, 1.807) is 18.2 Å². The third-order valence-corrected chi connectivity index (χ3v) is 6.21. The topological polar surface area (TPSA) is 92.3 Å². The largest absolute Gasteiger partial charge is 0.284 e. The second kappa shape index (κ2) is 7.69. The van der Waals surface area contributed by atoms with Gasteiger partial charge < -0.3 is 0 Å². The second-order valence-corrected chi connectivity index (χ2v) is 10.6. The van der Waals surface area contributed by atoms with Crippen molar-refractivity contribution < 1.29 is 16.8 Å². The quantitative estimate of drug-likeness (QED) is 0.718. The smallest absolute Gasteiger partial charge is 0.233 e. The van der Waals surface area contributed by atoms with E-state index in [1.165, 1.54) is 5.41 Å². The van der Waals surface area contributed by atoms with Crippen molar-refractivity contribution in [1.82, 2.24) is 4.72 Å². The van der Waals surface area contributed by atoms with E-state index in [2.05, 4.69) is 9.44 Å². The zero-order chi connectivity index (χ0) is 20.5. The zero-order valence-electron chi connectivity index (χ0n) is 16.1. The molecule has 0 aromatic heterocycles. The van der Waals surface area contributed by atoms with Gasteiger partial charge in [-0.25, -0.2) is 21.6 Å². The summed E-state index contributed by atoms with van der Waals surface area (Å²) in [4.78, 5) is 0. The van der Waals surface area contributed by atoms with Gasteiger partial charge in [0, 0.05) is 17.1 Å². The first kappa shape index (κ1) is 20.6. The molecule has 1 fully saturated rings. The van der Waals surface area contributed by atoms with Gasteiger partial charge in [0.2, 0.25) is 20.0 Å². The average molecular weight is 421 g/mol. The monoisotopic (exact) mass is 420 g/mol. The molecule has 0 heterocycles. The van der Waals surface area contributed by atoms with Gasteiger partial charge >= 0.3 is 0 Å². The lowest BCUT2D eigenvalue weighted by Crippen LogP contribution is -2.23. The Hall–Kier alpha value is -2.16. The van der Waals surface area contributed by atoms with Crippen LogP contribution in [0.1, 0.15) is 29.5 Å². The predicted octanol–water partition coefficient (Wildman–Crippen LogP) is 3.39. The first-order valence-corrected chi connectivity index (χ1v) is 12.4. The van der Waals surface area contributed by atoms with Crippen LogP contribution in [-0.2, 0) is 20.0 Å². The molecule has 8 heteroatoms. The number of aryl methyl sites for hydroxylation is 2. The van der Waals surface area contributed by atoms with E-state index in [1.807, 2.05) is 38.1 Å². The molecule has 0 amide bonds. The van der Waals surface area contributed by atoms with E-state index >= 15 is 0 Å². The highest BCUT2D eigenvalue weighted by Crippen LogP contribution is 2.28. The summed E-state index contributed by atoms with van der Waals surface area (Å²) in [7, 11) is -6.72. The maximum absolute atomic E-state index is 12.0. The second-order valence-electron chi connectivity index (χ2n) is 7.22. The summed E-state index contributed by atoms with van der Waals surface area (Å²) in [6.45, 7) is 3.90. The zero-order valence-corrected chi connectivity index (χ0v) is 17.7. The van der Waals surface area contributed by atoms with Gasteiger partial charge in [-0.1, -0.05) is 24.3 Å². The van der Waals surface area contributed by atoms with Crippen molar-refractivity contribution in [3.8, 4) is 11.1 Å². The summed E-state index contributed by atoms with van der Waals surface area (Å²) in [6.07, 6.45) is 4.54. The Balaban J connectivity index is 1.83. The normalized spacial score (nSPS) is 15.1. The van der Waals surface area contributed by atoms with Crippen LogP contribution in [0, 0.1) is 13.8 Å². The molecule has 28 heavy (non-hydrogen) atoms. The maximum atomic E-state index is 12.0. The highest BCUT2D eigenvalue weighted by molar-refractivity contribution is 7.92. The van der Waals surface area contributed by atoms with Crippen LogP contribution < -0.4 is 9.44 Å². The molecule has 2 N–H and O–H groups in total. The van der Waals surface area contributed by atoms with Gasteiger partial charge in [0.05, 0.1) is 6.26 Å². The van der Waals surface area contributed by atoms with Crippen LogP contribution in [0.2, 0.25) is 0 Å². The van der Waals surface area contributed by atoms with Crippen molar-refractivity contribution in [1.29, 1.82) is 0 Å². The van der Waals surface area contributed by atoms with Gasteiger partial charge in [-0.05, 0) is 72.7 Å². The fraction of sp³-hybridized carbons (Fsp3) is 0.300. The summed E-state index contributed by atoms with van der Waals surface area (Å²) in [6, 6.07) is 11.2. The molecule has 1 aliphatic carbocycles. The highest BCUT2D eigenvalue weighted by Gasteiger charge is 2.25. The number of hydrogen-bond donors (Lipinski definition) is 2. The number of sulfonamides is 2. The number of benzene rings is 2. The Labute approximate surface area is 166 Å². The molecule has 1 aliphatic rings. The van der Waals surface area contributed by atoms with Gasteiger partial charge in [0.1, 0.15) is 0 Å². The maximum Gasteiger partial charge on any atom is 0.233 e. The highest BCUT2D eigenvalue weighted by atomic mass is 32.2.